The number of rotatable bonds is 1. The second-order valence-electron chi connectivity index (χ2n) is 4.59. The van der Waals surface area contributed by atoms with E-state index >= 15 is 0 Å². The maximum atomic E-state index is 12.0. The number of aliphatic hydroxyl groups is 1. The van der Waals surface area contributed by atoms with Crippen LogP contribution in [0.4, 0.5) is 0 Å². The topological polar surface area (TPSA) is 63.6 Å². The summed E-state index contributed by atoms with van der Waals surface area (Å²) in [6.45, 7) is 4.90. The van der Waals surface area contributed by atoms with E-state index in [4.69, 9.17) is 4.74 Å². The molecule has 1 aliphatic carbocycles. The minimum absolute atomic E-state index is 0.0157. The Morgan fingerprint density at radius 1 is 1.53 bits per heavy atom. The molecule has 2 unspecified atom stereocenters. The maximum absolute atomic E-state index is 12.0. The molecular formula is C13H14O4. The molecule has 17 heavy (non-hydrogen) atoms. The monoisotopic (exact) mass is 234 g/mol. The average molecular weight is 234 g/mol. The second-order valence-corrected chi connectivity index (χ2v) is 4.59. The minimum atomic E-state index is -1.56. The summed E-state index contributed by atoms with van der Waals surface area (Å²) < 4.78 is 5.27. The van der Waals surface area contributed by atoms with Crippen molar-refractivity contribution < 1.29 is 19.4 Å². The van der Waals surface area contributed by atoms with E-state index in [9.17, 15) is 14.7 Å². The highest BCUT2D eigenvalue weighted by atomic mass is 16.5. The second kappa shape index (κ2) is 3.67. The molecule has 0 bridgehead atoms. The van der Waals surface area contributed by atoms with E-state index in [-0.39, 0.29) is 5.57 Å². The van der Waals surface area contributed by atoms with E-state index in [2.05, 4.69) is 0 Å². The summed E-state index contributed by atoms with van der Waals surface area (Å²) in [4.78, 5) is 23.1. The summed E-state index contributed by atoms with van der Waals surface area (Å²) in [6, 6.07) is 0. The van der Waals surface area contributed by atoms with Crippen LogP contribution in [-0.2, 0) is 14.3 Å². The summed E-state index contributed by atoms with van der Waals surface area (Å²) >= 11 is 0. The number of fused-ring (bicyclic) bond motifs is 1. The van der Waals surface area contributed by atoms with Crippen LogP contribution in [0, 0.1) is 5.92 Å². The molecule has 0 aromatic heterocycles. The van der Waals surface area contributed by atoms with Gasteiger partial charge >= 0.3 is 0 Å². The Balaban J connectivity index is 2.69. The van der Waals surface area contributed by atoms with Crippen LogP contribution in [0.2, 0.25) is 0 Å². The van der Waals surface area contributed by atoms with E-state index in [0.29, 0.717) is 23.2 Å². The lowest BCUT2D eigenvalue weighted by Crippen LogP contribution is -2.47. The molecule has 2 aliphatic rings. The quantitative estimate of drug-likeness (QED) is 0.548. The molecule has 0 saturated carbocycles. The molecule has 4 heteroatoms. The summed E-state index contributed by atoms with van der Waals surface area (Å²) in [6.07, 6.45) is 3.66. The third kappa shape index (κ3) is 1.56. The van der Waals surface area contributed by atoms with Crippen LogP contribution in [0.15, 0.2) is 34.8 Å². The van der Waals surface area contributed by atoms with Gasteiger partial charge in [0, 0.05) is 11.5 Å². The highest BCUT2D eigenvalue weighted by Crippen LogP contribution is 2.40. The number of hydrogen-bond donors (Lipinski definition) is 1. The van der Waals surface area contributed by atoms with Gasteiger partial charge in [-0.2, -0.15) is 0 Å². The number of aldehydes is 1. The van der Waals surface area contributed by atoms with Gasteiger partial charge in [-0.15, -0.1) is 0 Å². The Morgan fingerprint density at radius 3 is 2.76 bits per heavy atom. The average Bonchev–Trinajstić information content (AvgIpc) is 2.28. The highest BCUT2D eigenvalue weighted by molar-refractivity contribution is 6.18. The smallest absolute Gasteiger partial charge is 0.198 e. The van der Waals surface area contributed by atoms with Gasteiger partial charge in [-0.25, -0.2) is 0 Å². The Bertz CT molecular complexity index is 492. The molecule has 1 aliphatic heterocycles. The lowest BCUT2D eigenvalue weighted by Gasteiger charge is -2.37. The van der Waals surface area contributed by atoms with Crippen molar-refractivity contribution in [1.82, 2.24) is 0 Å². The molecule has 0 aromatic rings. The molecule has 1 N–H and O–H groups in total. The zero-order chi connectivity index (χ0) is 12.8. The van der Waals surface area contributed by atoms with Gasteiger partial charge in [0.25, 0.3) is 0 Å². The number of carbonyl (C=O) groups excluding carboxylic acids is 2. The molecule has 0 radical (unpaired) electrons. The molecule has 0 spiro atoms. The van der Waals surface area contributed by atoms with Crippen molar-refractivity contribution in [2.75, 3.05) is 0 Å². The van der Waals surface area contributed by atoms with E-state index in [1.165, 1.54) is 13.2 Å². The molecule has 90 valence electrons. The summed E-state index contributed by atoms with van der Waals surface area (Å²) in [5, 5.41) is 10.2. The number of ether oxygens (including phenoxy) is 1. The molecule has 0 amide bonds. The Hall–Kier alpha value is -1.68. The SMILES string of the molecule is CC1=CC2=C(C=O)C(=O)C(C)(O)C(C)C2=CO1. The lowest BCUT2D eigenvalue weighted by atomic mass is 9.70. The predicted molar refractivity (Wildman–Crippen MR) is 60.8 cm³/mol. The van der Waals surface area contributed by atoms with Gasteiger partial charge in [0.15, 0.2) is 12.1 Å². The number of allylic oxidation sites excluding steroid dienone is 3. The Labute approximate surface area is 99.3 Å². The molecule has 0 saturated heterocycles. The third-order valence-corrected chi connectivity index (χ3v) is 3.45. The largest absolute Gasteiger partial charge is 0.469 e. The molecule has 2 atom stereocenters. The summed E-state index contributed by atoms with van der Waals surface area (Å²) in [7, 11) is 0. The summed E-state index contributed by atoms with van der Waals surface area (Å²) in [5.41, 5.74) is -0.300. The van der Waals surface area contributed by atoms with Crippen LogP contribution in [0.5, 0.6) is 0 Å². The zero-order valence-corrected chi connectivity index (χ0v) is 9.98. The van der Waals surface area contributed by atoms with Crippen molar-refractivity contribution in [2.45, 2.75) is 26.4 Å². The van der Waals surface area contributed by atoms with Crippen molar-refractivity contribution in [2.24, 2.45) is 5.92 Å². The fourth-order valence-electron chi connectivity index (χ4n) is 2.12. The molecule has 0 aromatic carbocycles. The number of hydrogen-bond acceptors (Lipinski definition) is 4. The summed E-state index contributed by atoms with van der Waals surface area (Å²) in [5.74, 6) is -0.319. The highest BCUT2D eigenvalue weighted by Gasteiger charge is 2.46. The van der Waals surface area contributed by atoms with Gasteiger partial charge in [0.05, 0.1) is 11.8 Å². The van der Waals surface area contributed by atoms with Crippen molar-refractivity contribution in [3.63, 3.8) is 0 Å². The standard InChI is InChI=1S/C13H14O4/c1-7-4-9-10(5-14)12(15)13(3,16)8(2)11(9)6-17-7/h4-6,8,16H,1-3H3. The van der Waals surface area contributed by atoms with Crippen LogP contribution >= 0.6 is 0 Å². The molecule has 0 fully saturated rings. The van der Waals surface area contributed by atoms with E-state index < -0.39 is 17.3 Å². The van der Waals surface area contributed by atoms with Crippen LogP contribution in [0.3, 0.4) is 0 Å². The predicted octanol–water partition coefficient (Wildman–Crippen LogP) is 1.27. The van der Waals surface area contributed by atoms with Gasteiger partial charge in [-0.3, -0.25) is 9.59 Å². The first kappa shape index (κ1) is 11.8. The first-order valence-corrected chi connectivity index (χ1v) is 5.41. The maximum Gasteiger partial charge on any atom is 0.198 e. The van der Waals surface area contributed by atoms with E-state index in [1.54, 1.807) is 19.9 Å². The normalized spacial score (nSPS) is 32.5. The minimum Gasteiger partial charge on any atom is -0.469 e. The lowest BCUT2D eigenvalue weighted by molar-refractivity contribution is -0.136. The van der Waals surface area contributed by atoms with E-state index in [0.717, 1.165) is 0 Å². The molecule has 2 rings (SSSR count). The zero-order valence-electron chi connectivity index (χ0n) is 9.98. The Morgan fingerprint density at radius 2 is 2.18 bits per heavy atom. The van der Waals surface area contributed by atoms with Gasteiger partial charge < -0.3 is 9.84 Å². The first-order chi connectivity index (χ1) is 7.89. The number of ketones is 1. The van der Waals surface area contributed by atoms with Crippen molar-refractivity contribution in [3.8, 4) is 0 Å². The van der Waals surface area contributed by atoms with Crippen LogP contribution in [0.25, 0.3) is 0 Å². The van der Waals surface area contributed by atoms with Gasteiger partial charge in [0.2, 0.25) is 0 Å². The fourth-order valence-corrected chi connectivity index (χ4v) is 2.12. The van der Waals surface area contributed by atoms with Gasteiger partial charge in [-0.1, -0.05) is 6.92 Å². The molecular weight excluding hydrogens is 220 g/mol. The van der Waals surface area contributed by atoms with Crippen LogP contribution < -0.4 is 0 Å². The van der Waals surface area contributed by atoms with Crippen molar-refractivity contribution in [1.29, 1.82) is 0 Å². The van der Waals surface area contributed by atoms with Crippen molar-refractivity contribution >= 4 is 12.1 Å². The first-order valence-electron chi connectivity index (χ1n) is 5.41. The molecule has 1 heterocycles. The number of carbonyl (C=O) groups is 2. The van der Waals surface area contributed by atoms with Crippen LogP contribution in [0.1, 0.15) is 20.8 Å². The van der Waals surface area contributed by atoms with E-state index in [1.807, 2.05) is 0 Å². The Kier molecular flexibility index (Phi) is 2.54. The van der Waals surface area contributed by atoms with Crippen molar-refractivity contribution in [3.05, 3.63) is 34.8 Å². The van der Waals surface area contributed by atoms with Gasteiger partial charge in [-0.05, 0) is 25.5 Å². The third-order valence-electron chi connectivity index (χ3n) is 3.45. The molecule has 4 nitrogen and oxygen atoms in total. The number of Topliss-reactive ketones (excluding diaryl/α,β-unsaturated/α-hetero) is 1. The van der Waals surface area contributed by atoms with Crippen LogP contribution in [-0.4, -0.2) is 22.8 Å². The fraction of sp³-hybridized carbons (Fsp3) is 0.385. The van der Waals surface area contributed by atoms with Gasteiger partial charge in [0.1, 0.15) is 11.4 Å².